The number of ketones is 2. The van der Waals surface area contributed by atoms with Gasteiger partial charge in [0.15, 0.2) is 23.1 Å². The number of pyridine rings is 1. The third kappa shape index (κ3) is 6.55. The molecule has 0 atom stereocenters. The summed E-state index contributed by atoms with van der Waals surface area (Å²) in [7, 11) is 1.47. The van der Waals surface area contributed by atoms with Crippen molar-refractivity contribution in [1.29, 1.82) is 0 Å². The van der Waals surface area contributed by atoms with Gasteiger partial charge in [-0.2, -0.15) is 0 Å². The molecule has 3 aromatic rings. The van der Waals surface area contributed by atoms with E-state index in [2.05, 4.69) is 4.98 Å². The van der Waals surface area contributed by atoms with E-state index in [1.807, 2.05) is 26.8 Å². The summed E-state index contributed by atoms with van der Waals surface area (Å²) in [5, 5.41) is 8.94. The van der Waals surface area contributed by atoms with Crippen LogP contribution in [-0.4, -0.2) is 42.0 Å². The molecule has 2 aromatic carbocycles. The Balaban J connectivity index is 1.82. The second-order valence-electron chi connectivity index (χ2n) is 9.62. The van der Waals surface area contributed by atoms with Crippen molar-refractivity contribution in [2.45, 2.75) is 46.0 Å². The van der Waals surface area contributed by atoms with Crippen LogP contribution in [0, 0.1) is 12.7 Å². The fourth-order valence-electron chi connectivity index (χ4n) is 3.67. The summed E-state index contributed by atoms with van der Waals surface area (Å²) >= 11 is 0. The highest BCUT2D eigenvalue weighted by atomic mass is 19.1. The van der Waals surface area contributed by atoms with Crippen LogP contribution in [0.1, 0.15) is 65.6 Å². The first-order chi connectivity index (χ1) is 17.0. The molecule has 0 saturated carbocycles. The van der Waals surface area contributed by atoms with E-state index in [0.29, 0.717) is 28.3 Å². The van der Waals surface area contributed by atoms with Crippen molar-refractivity contribution < 1.29 is 28.6 Å². The predicted octanol–water partition coefficient (Wildman–Crippen LogP) is 5.72. The zero-order valence-electron chi connectivity index (χ0n) is 21.4. The first-order valence-electron chi connectivity index (χ1n) is 11.8. The molecule has 190 valence electrons. The number of carbonyl (C=O) groups is 2. The fourth-order valence-corrected chi connectivity index (χ4v) is 3.67. The molecule has 0 aliphatic carbocycles. The first-order valence-corrected chi connectivity index (χ1v) is 11.8. The van der Waals surface area contributed by atoms with Gasteiger partial charge in [-0.15, -0.1) is 0 Å². The molecular formula is C29H32FNO5. The topological polar surface area (TPSA) is 85.7 Å². The third-order valence-corrected chi connectivity index (χ3v) is 5.84. The molecule has 0 unspecified atom stereocenters. The molecule has 7 heteroatoms. The fraction of sp³-hybridized carbons (Fsp3) is 0.345. The van der Waals surface area contributed by atoms with Crippen LogP contribution in [0.2, 0.25) is 0 Å². The van der Waals surface area contributed by atoms with Crippen LogP contribution in [0.5, 0.6) is 11.5 Å². The van der Waals surface area contributed by atoms with Gasteiger partial charge in [0.1, 0.15) is 18.1 Å². The molecule has 6 nitrogen and oxygen atoms in total. The van der Waals surface area contributed by atoms with E-state index < -0.39 is 0 Å². The summed E-state index contributed by atoms with van der Waals surface area (Å²) < 4.78 is 24.5. The predicted molar refractivity (Wildman–Crippen MR) is 137 cm³/mol. The van der Waals surface area contributed by atoms with Gasteiger partial charge in [0.05, 0.1) is 19.4 Å². The number of carbonyl (C=O) groups excluding carboxylic acids is 2. The van der Waals surface area contributed by atoms with E-state index in [0.717, 1.165) is 11.1 Å². The van der Waals surface area contributed by atoms with E-state index in [1.54, 1.807) is 43.3 Å². The average Bonchev–Trinajstić information content (AvgIpc) is 2.86. The van der Waals surface area contributed by atoms with Crippen LogP contribution in [0.25, 0.3) is 11.3 Å². The number of hydrogen-bond acceptors (Lipinski definition) is 6. The summed E-state index contributed by atoms with van der Waals surface area (Å²) in [6.45, 7) is 7.78. The minimum Gasteiger partial charge on any atom is -0.493 e. The normalized spacial score (nSPS) is 11.3. The summed E-state index contributed by atoms with van der Waals surface area (Å²) in [4.78, 5) is 30.5. The van der Waals surface area contributed by atoms with Gasteiger partial charge in [-0.25, -0.2) is 9.37 Å². The quantitative estimate of drug-likeness (QED) is 0.364. The van der Waals surface area contributed by atoms with Crippen LogP contribution < -0.4 is 9.47 Å². The van der Waals surface area contributed by atoms with Crippen LogP contribution >= 0.6 is 0 Å². The molecule has 0 amide bonds. The molecule has 0 saturated heterocycles. The molecule has 0 spiro atoms. The number of ether oxygens (including phenoxy) is 2. The van der Waals surface area contributed by atoms with Crippen molar-refractivity contribution in [3.05, 3.63) is 76.7 Å². The zero-order chi connectivity index (χ0) is 26.5. The van der Waals surface area contributed by atoms with Gasteiger partial charge in [0, 0.05) is 24.0 Å². The Morgan fingerprint density at radius 3 is 2.33 bits per heavy atom. The number of aliphatic hydroxyl groups is 1. The lowest BCUT2D eigenvalue weighted by atomic mass is 9.85. The summed E-state index contributed by atoms with van der Waals surface area (Å²) in [6.07, 6.45) is -0.00234. The molecular weight excluding hydrogens is 461 g/mol. The molecule has 0 aliphatic rings. The highest BCUT2D eigenvalue weighted by Gasteiger charge is 2.21. The van der Waals surface area contributed by atoms with Gasteiger partial charge in [-0.1, -0.05) is 20.8 Å². The van der Waals surface area contributed by atoms with Gasteiger partial charge in [-0.3, -0.25) is 9.59 Å². The summed E-state index contributed by atoms with van der Waals surface area (Å²) in [5.41, 5.74) is 3.16. The Labute approximate surface area is 211 Å². The lowest BCUT2D eigenvalue weighted by molar-refractivity contribution is 0.0914. The molecule has 3 rings (SSSR count). The number of benzene rings is 2. The van der Waals surface area contributed by atoms with Gasteiger partial charge in [-0.05, 0) is 72.0 Å². The minimum absolute atomic E-state index is 0.00520. The summed E-state index contributed by atoms with van der Waals surface area (Å²) in [5.74, 6) is 0.0385. The van der Waals surface area contributed by atoms with E-state index in [4.69, 9.17) is 14.6 Å². The number of aryl methyl sites for hydroxylation is 1. The lowest BCUT2D eigenvalue weighted by Crippen LogP contribution is -2.15. The molecule has 0 aliphatic heterocycles. The Hall–Kier alpha value is -3.58. The highest BCUT2D eigenvalue weighted by molar-refractivity contribution is 6.02. The largest absolute Gasteiger partial charge is 0.493 e. The smallest absolute Gasteiger partial charge is 0.181 e. The minimum atomic E-state index is -0.301. The second kappa shape index (κ2) is 11.4. The van der Waals surface area contributed by atoms with Crippen LogP contribution in [0.15, 0.2) is 48.5 Å². The van der Waals surface area contributed by atoms with Gasteiger partial charge < -0.3 is 14.6 Å². The number of aromatic nitrogens is 1. The van der Waals surface area contributed by atoms with E-state index in [-0.39, 0.29) is 54.5 Å². The average molecular weight is 494 g/mol. The number of Topliss-reactive ketones (excluding diaryl/α,β-unsaturated/α-hetero) is 2. The second-order valence-corrected chi connectivity index (χ2v) is 9.62. The van der Waals surface area contributed by atoms with Crippen LogP contribution in [-0.2, 0) is 5.41 Å². The maximum absolute atomic E-state index is 13.8. The number of aliphatic hydroxyl groups excluding tert-OH is 1. The molecule has 0 bridgehead atoms. The molecule has 0 radical (unpaired) electrons. The van der Waals surface area contributed by atoms with Gasteiger partial charge in [0.25, 0.3) is 0 Å². The molecule has 36 heavy (non-hydrogen) atoms. The Kier molecular flexibility index (Phi) is 8.58. The Morgan fingerprint density at radius 2 is 1.69 bits per heavy atom. The number of rotatable bonds is 10. The standard InChI is InChI=1S/C29H32FNO5/c1-18-14-19(6-8-22(18)30)23-16-21(29(2,3)4)17-24(31-23)26(34)10-9-25(33)20-7-11-27(36-13-12-32)28(15-20)35-5/h6-8,11,14-17,32H,9-10,12-13H2,1-5H3. The van der Waals surface area contributed by atoms with Crippen molar-refractivity contribution >= 4 is 11.6 Å². The van der Waals surface area contributed by atoms with Crippen molar-refractivity contribution in [3.63, 3.8) is 0 Å². The summed E-state index contributed by atoms with van der Waals surface area (Å²) in [6, 6.07) is 13.2. The van der Waals surface area contributed by atoms with Crippen molar-refractivity contribution in [1.82, 2.24) is 4.98 Å². The van der Waals surface area contributed by atoms with Crippen LogP contribution in [0.3, 0.4) is 0 Å². The first kappa shape index (κ1) is 27.0. The molecule has 1 heterocycles. The molecule has 1 N–H and O–H groups in total. The zero-order valence-corrected chi connectivity index (χ0v) is 21.4. The number of methoxy groups -OCH3 is 1. The highest BCUT2D eigenvalue weighted by Crippen LogP contribution is 2.30. The maximum atomic E-state index is 13.8. The SMILES string of the molecule is COc1cc(C(=O)CCC(=O)c2cc(C(C)(C)C)cc(-c3ccc(F)c(C)c3)n2)ccc1OCCO. The van der Waals surface area contributed by atoms with E-state index >= 15 is 0 Å². The number of halogens is 1. The molecule has 1 aromatic heterocycles. The van der Waals surface area contributed by atoms with Crippen LogP contribution in [0.4, 0.5) is 4.39 Å². The Bertz CT molecular complexity index is 1260. The number of nitrogens with zero attached hydrogens (tertiary/aromatic N) is 1. The molecule has 0 fully saturated rings. The lowest BCUT2D eigenvalue weighted by Gasteiger charge is -2.21. The van der Waals surface area contributed by atoms with Gasteiger partial charge >= 0.3 is 0 Å². The maximum Gasteiger partial charge on any atom is 0.181 e. The third-order valence-electron chi connectivity index (χ3n) is 5.84. The van der Waals surface area contributed by atoms with Crippen molar-refractivity contribution in [2.24, 2.45) is 0 Å². The van der Waals surface area contributed by atoms with Gasteiger partial charge in [0.2, 0.25) is 0 Å². The monoisotopic (exact) mass is 493 g/mol. The van der Waals surface area contributed by atoms with Crippen molar-refractivity contribution in [3.8, 4) is 22.8 Å². The number of hydrogen-bond donors (Lipinski definition) is 1. The Morgan fingerprint density at radius 1 is 0.972 bits per heavy atom. The van der Waals surface area contributed by atoms with E-state index in [9.17, 15) is 14.0 Å². The van der Waals surface area contributed by atoms with Crippen molar-refractivity contribution in [2.75, 3.05) is 20.3 Å². The van der Waals surface area contributed by atoms with E-state index in [1.165, 1.54) is 13.2 Å².